The van der Waals surface area contributed by atoms with Crippen LogP contribution in [0.15, 0.2) is 46.2 Å². The van der Waals surface area contributed by atoms with E-state index in [4.69, 9.17) is 11.0 Å². The van der Waals surface area contributed by atoms with Gasteiger partial charge in [-0.25, -0.2) is 8.78 Å². The fourth-order valence-electron chi connectivity index (χ4n) is 1.38. The molecule has 0 saturated heterocycles. The van der Waals surface area contributed by atoms with E-state index < -0.39 is 11.6 Å². The molecule has 5 heteroatoms. The highest BCUT2D eigenvalue weighted by Crippen LogP contribution is 2.31. The standard InChI is InChI=1S/C13H8F2N2S/c14-9-1-4-13(11(15)6-9)18-10-2-3-12(17)8(5-10)7-16/h1-6H,17H2. The number of nitriles is 1. The Morgan fingerprint density at radius 1 is 1.11 bits per heavy atom. The van der Waals surface area contributed by atoms with Crippen molar-refractivity contribution in [1.29, 1.82) is 5.26 Å². The van der Waals surface area contributed by atoms with Gasteiger partial charge in [-0.05, 0) is 30.3 Å². The lowest BCUT2D eigenvalue weighted by Gasteiger charge is -2.05. The lowest BCUT2D eigenvalue weighted by Crippen LogP contribution is -1.90. The summed E-state index contributed by atoms with van der Waals surface area (Å²) < 4.78 is 26.2. The first kappa shape index (κ1) is 12.4. The largest absolute Gasteiger partial charge is 0.398 e. The van der Waals surface area contributed by atoms with Gasteiger partial charge < -0.3 is 5.73 Å². The lowest BCUT2D eigenvalue weighted by atomic mass is 10.2. The number of nitrogens with two attached hydrogens (primary N) is 1. The molecule has 0 aliphatic rings. The second-order valence-electron chi connectivity index (χ2n) is 3.54. The van der Waals surface area contributed by atoms with Crippen LogP contribution >= 0.6 is 11.8 Å². The van der Waals surface area contributed by atoms with E-state index in [0.717, 1.165) is 17.8 Å². The number of nitrogen functional groups attached to an aromatic ring is 1. The number of hydrogen-bond acceptors (Lipinski definition) is 3. The van der Waals surface area contributed by atoms with E-state index in [-0.39, 0.29) is 0 Å². The van der Waals surface area contributed by atoms with Crippen molar-refractivity contribution in [3.63, 3.8) is 0 Å². The molecule has 2 N–H and O–H groups in total. The van der Waals surface area contributed by atoms with E-state index in [1.54, 1.807) is 18.2 Å². The molecule has 0 aliphatic carbocycles. The van der Waals surface area contributed by atoms with Gasteiger partial charge in [0.25, 0.3) is 0 Å². The maximum absolute atomic E-state index is 13.4. The molecular formula is C13H8F2N2S. The second-order valence-corrected chi connectivity index (χ2v) is 4.65. The van der Waals surface area contributed by atoms with Crippen molar-refractivity contribution >= 4 is 17.4 Å². The maximum atomic E-state index is 13.4. The van der Waals surface area contributed by atoms with Gasteiger partial charge in [-0.1, -0.05) is 11.8 Å². The first-order valence-electron chi connectivity index (χ1n) is 5.02. The molecule has 0 spiro atoms. The molecule has 0 saturated carbocycles. The molecule has 0 atom stereocenters. The molecule has 0 aromatic heterocycles. The van der Waals surface area contributed by atoms with Crippen LogP contribution in [0.4, 0.5) is 14.5 Å². The molecule has 90 valence electrons. The van der Waals surface area contributed by atoms with Crippen molar-refractivity contribution in [2.75, 3.05) is 5.73 Å². The van der Waals surface area contributed by atoms with Gasteiger partial charge in [0.15, 0.2) is 0 Å². The van der Waals surface area contributed by atoms with Gasteiger partial charge in [0.1, 0.15) is 17.7 Å². The Morgan fingerprint density at radius 2 is 1.89 bits per heavy atom. The molecule has 18 heavy (non-hydrogen) atoms. The summed E-state index contributed by atoms with van der Waals surface area (Å²) in [5.74, 6) is -1.25. The Bertz CT molecular complexity index is 635. The Hall–Kier alpha value is -2.06. The zero-order valence-electron chi connectivity index (χ0n) is 9.15. The number of hydrogen-bond donors (Lipinski definition) is 1. The molecule has 2 aromatic carbocycles. The number of halogens is 2. The van der Waals surface area contributed by atoms with Gasteiger partial charge in [0.05, 0.1) is 5.56 Å². The number of rotatable bonds is 2. The molecule has 0 fully saturated rings. The molecule has 0 amide bonds. The van der Waals surface area contributed by atoms with Gasteiger partial charge in [0, 0.05) is 21.5 Å². The minimum Gasteiger partial charge on any atom is -0.398 e. The predicted octanol–water partition coefficient (Wildman–Crippen LogP) is 3.57. The van der Waals surface area contributed by atoms with Gasteiger partial charge in [-0.3, -0.25) is 0 Å². The molecule has 2 aromatic rings. The summed E-state index contributed by atoms with van der Waals surface area (Å²) in [6, 6.07) is 10.2. The summed E-state index contributed by atoms with van der Waals surface area (Å²) in [6.07, 6.45) is 0. The van der Waals surface area contributed by atoms with Crippen molar-refractivity contribution in [3.8, 4) is 6.07 Å². The third-order valence-electron chi connectivity index (χ3n) is 2.27. The quantitative estimate of drug-likeness (QED) is 0.842. The molecule has 2 rings (SSSR count). The molecule has 2 nitrogen and oxygen atoms in total. The van der Waals surface area contributed by atoms with Crippen molar-refractivity contribution in [3.05, 3.63) is 53.6 Å². The van der Waals surface area contributed by atoms with Crippen molar-refractivity contribution in [2.24, 2.45) is 0 Å². The molecule has 0 unspecified atom stereocenters. The van der Waals surface area contributed by atoms with Crippen LogP contribution in [0.1, 0.15) is 5.56 Å². The van der Waals surface area contributed by atoms with E-state index in [0.29, 0.717) is 21.0 Å². The molecule has 0 aliphatic heterocycles. The fraction of sp³-hybridized carbons (Fsp3) is 0. The topological polar surface area (TPSA) is 49.8 Å². The van der Waals surface area contributed by atoms with Gasteiger partial charge >= 0.3 is 0 Å². The normalized spacial score (nSPS) is 10.1. The predicted molar refractivity (Wildman–Crippen MR) is 66.1 cm³/mol. The molecule has 0 heterocycles. The van der Waals surface area contributed by atoms with Crippen LogP contribution in [0.25, 0.3) is 0 Å². The fourth-order valence-corrected chi connectivity index (χ4v) is 2.24. The van der Waals surface area contributed by atoms with Gasteiger partial charge in [-0.2, -0.15) is 5.26 Å². The average molecular weight is 262 g/mol. The lowest BCUT2D eigenvalue weighted by molar-refractivity contribution is 0.565. The SMILES string of the molecule is N#Cc1cc(Sc2ccc(F)cc2F)ccc1N. The van der Waals surface area contributed by atoms with Gasteiger partial charge in [-0.15, -0.1) is 0 Å². The Labute approximate surface area is 107 Å². The molecule has 0 bridgehead atoms. The Kier molecular flexibility index (Phi) is 3.49. The summed E-state index contributed by atoms with van der Waals surface area (Å²) >= 11 is 1.11. The van der Waals surface area contributed by atoms with E-state index in [2.05, 4.69) is 0 Å². The van der Waals surface area contributed by atoms with Crippen molar-refractivity contribution < 1.29 is 8.78 Å². The zero-order chi connectivity index (χ0) is 13.1. The maximum Gasteiger partial charge on any atom is 0.140 e. The van der Waals surface area contributed by atoms with E-state index >= 15 is 0 Å². The third-order valence-corrected chi connectivity index (χ3v) is 3.31. The zero-order valence-corrected chi connectivity index (χ0v) is 9.97. The monoisotopic (exact) mass is 262 g/mol. The summed E-state index contributed by atoms with van der Waals surface area (Å²) in [5, 5.41) is 8.84. The minimum atomic E-state index is -0.629. The van der Waals surface area contributed by atoms with Crippen LogP contribution in [-0.2, 0) is 0 Å². The van der Waals surface area contributed by atoms with E-state index in [1.807, 2.05) is 6.07 Å². The van der Waals surface area contributed by atoms with Crippen LogP contribution in [0.3, 0.4) is 0 Å². The van der Waals surface area contributed by atoms with E-state index in [9.17, 15) is 8.78 Å². The van der Waals surface area contributed by atoms with Crippen molar-refractivity contribution in [2.45, 2.75) is 9.79 Å². The highest BCUT2D eigenvalue weighted by molar-refractivity contribution is 7.99. The van der Waals surface area contributed by atoms with Crippen molar-refractivity contribution in [1.82, 2.24) is 0 Å². The highest BCUT2D eigenvalue weighted by atomic mass is 32.2. The summed E-state index contributed by atoms with van der Waals surface area (Å²) in [7, 11) is 0. The smallest absolute Gasteiger partial charge is 0.140 e. The first-order valence-corrected chi connectivity index (χ1v) is 5.84. The van der Waals surface area contributed by atoms with Crippen LogP contribution < -0.4 is 5.73 Å². The number of benzene rings is 2. The van der Waals surface area contributed by atoms with Gasteiger partial charge in [0.2, 0.25) is 0 Å². The van der Waals surface area contributed by atoms with Crippen LogP contribution in [0.5, 0.6) is 0 Å². The van der Waals surface area contributed by atoms with Crippen LogP contribution in [0, 0.1) is 23.0 Å². The Morgan fingerprint density at radius 3 is 2.56 bits per heavy atom. The molecular weight excluding hydrogens is 254 g/mol. The second kappa shape index (κ2) is 5.07. The summed E-state index contributed by atoms with van der Waals surface area (Å²) in [5.41, 5.74) is 6.30. The summed E-state index contributed by atoms with van der Waals surface area (Å²) in [4.78, 5) is 0.969. The number of nitrogens with zero attached hydrogens (tertiary/aromatic N) is 1. The van der Waals surface area contributed by atoms with Crippen LogP contribution in [-0.4, -0.2) is 0 Å². The van der Waals surface area contributed by atoms with Crippen LogP contribution in [0.2, 0.25) is 0 Å². The first-order chi connectivity index (χ1) is 8.60. The third kappa shape index (κ3) is 2.60. The summed E-state index contributed by atoms with van der Waals surface area (Å²) in [6.45, 7) is 0. The molecule has 0 radical (unpaired) electrons. The Balaban J connectivity index is 2.32. The minimum absolute atomic E-state index is 0.296. The average Bonchev–Trinajstić information content (AvgIpc) is 2.35. The highest BCUT2D eigenvalue weighted by Gasteiger charge is 2.07. The van der Waals surface area contributed by atoms with E-state index in [1.165, 1.54) is 12.1 Å². The number of anilines is 1.